The van der Waals surface area contributed by atoms with E-state index in [4.69, 9.17) is 0 Å². The number of para-hydroxylation sites is 1. The van der Waals surface area contributed by atoms with E-state index in [1.54, 1.807) is 12.1 Å². The molecule has 1 amide bonds. The van der Waals surface area contributed by atoms with Gasteiger partial charge in [-0.05, 0) is 31.3 Å². The first-order chi connectivity index (χ1) is 17.6. The highest BCUT2D eigenvalue weighted by molar-refractivity contribution is 6.02. The molecule has 12 heteroatoms. The van der Waals surface area contributed by atoms with Gasteiger partial charge >= 0.3 is 6.36 Å². The quantitative estimate of drug-likeness (QED) is 0.344. The molecule has 0 aliphatic carbocycles. The van der Waals surface area contributed by atoms with E-state index in [-0.39, 0.29) is 22.5 Å². The highest BCUT2D eigenvalue weighted by Gasteiger charge is 2.31. The van der Waals surface area contributed by atoms with E-state index in [2.05, 4.69) is 31.9 Å². The van der Waals surface area contributed by atoms with Crippen LogP contribution in [-0.4, -0.2) is 78.3 Å². The lowest BCUT2D eigenvalue weighted by molar-refractivity contribution is -0.384. The molecule has 1 saturated heterocycles. The predicted molar refractivity (Wildman–Crippen MR) is 131 cm³/mol. The van der Waals surface area contributed by atoms with E-state index in [9.17, 15) is 28.1 Å². The van der Waals surface area contributed by atoms with Crippen molar-refractivity contribution in [2.24, 2.45) is 0 Å². The van der Waals surface area contributed by atoms with Gasteiger partial charge in [-0.25, -0.2) is 0 Å². The molecule has 1 fully saturated rings. The summed E-state index contributed by atoms with van der Waals surface area (Å²) in [5.74, 6) is -0.877. The third kappa shape index (κ3) is 6.66. The molecule has 0 atom stereocenters. The van der Waals surface area contributed by atoms with E-state index < -0.39 is 22.9 Å². The number of nitrogens with one attached hydrogen (secondary N) is 2. The third-order valence-corrected chi connectivity index (χ3v) is 6.12. The van der Waals surface area contributed by atoms with Crippen LogP contribution < -0.4 is 10.1 Å². The molecule has 3 aromatic rings. The van der Waals surface area contributed by atoms with Crippen molar-refractivity contribution < 1.29 is 27.6 Å². The van der Waals surface area contributed by atoms with Crippen molar-refractivity contribution in [3.05, 3.63) is 70.3 Å². The zero-order valence-corrected chi connectivity index (χ0v) is 20.0. The monoisotopic (exact) mass is 517 g/mol. The summed E-state index contributed by atoms with van der Waals surface area (Å²) < 4.78 is 42.1. The molecule has 0 radical (unpaired) electrons. The van der Waals surface area contributed by atoms with Crippen LogP contribution in [0.15, 0.2) is 54.6 Å². The maximum Gasteiger partial charge on any atom is 0.573 e. The summed E-state index contributed by atoms with van der Waals surface area (Å²) in [7, 11) is 2.05. The SMILES string of the molecule is CN1CCN(CCNC(=O)c2cc(-c3cccc(OC(F)(F)F)c3)[nH]c2-c2ccccc2[N+](=O)[O-])CC1. The minimum absolute atomic E-state index is 0.143. The number of amides is 1. The molecule has 196 valence electrons. The summed E-state index contributed by atoms with van der Waals surface area (Å²) >= 11 is 0. The maximum atomic E-state index is 13.2. The number of alkyl halides is 3. The Morgan fingerprint density at radius 3 is 2.54 bits per heavy atom. The molecule has 0 bridgehead atoms. The number of likely N-dealkylation sites (N-methyl/N-ethyl adjacent to an activating group) is 1. The number of benzene rings is 2. The fraction of sp³-hybridized carbons (Fsp3) is 0.320. The zero-order chi connectivity index (χ0) is 26.6. The number of piperazine rings is 1. The number of nitro groups is 1. The largest absolute Gasteiger partial charge is 0.573 e. The summed E-state index contributed by atoms with van der Waals surface area (Å²) in [6, 6.07) is 12.7. The minimum Gasteiger partial charge on any atom is -0.406 e. The van der Waals surface area contributed by atoms with Gasteiger partial charge in [-0.2, -0.15) is 0 Å². The number of rotatable bonds is 8. The molecule has 2 heterocycles. The smallest absolute Gasteiger partial charge is 0.406 e. The van der Waals surface area contributed by atoms with Gasteiger partial charge in [-0.1, -0.05) is 24.3 Å². The molecule has 1 aromatic heterocycles. The lowest BCUT2D eigenvalue weighted by Gasteiger charge is -2.32. The Balaban J connectivity index is 1.63. The second kappa shape index (κ2) is 11.0. The second-order valence-electron chi connectivity index (χ2n) is 8.72. The lowest BCUT2D eigenvalue weighted by atomic mass is 10.1. The number of aromatic nitrogens is 1. The average Bonchev–Trinajstić information content (AvgIpc) is 3.30. The Morgan fingerprint density at radius 2 is 1.84 bits per heavy atom. The minimum atomic E-state index is -4.86. The Kier molecular flexibility index (Phi) is 7.79. The molecular formula is C25H26F3N5O4. The number of nitro benzene ring substituents is 1. The van der Waals surface area contributed by atoms with E-state index in [0.717, 1.165) is 32.2 Å². The zero-order valence-electron chi connectivity index (χ0n) is 20.0. The first-order valence-corrected chi connectivity index (χ1v) is 11.6. The highest BCUT2D eigenvalue weighted by atomic mass is 19.4. The molecule has 9 nitrogen and oxygen atoms in total. The van der Waals surface area contributed by atoms with Gasteiger partial charge in [0, 0.05) is 56.6 Å². The molecule has 2 N–H and O–H groups in total. The van der Waals surface area contributed by atoms with Gasteiger partial charge in [0.15, 0.2) is 0 Å². The summed E-state index contributed by atoms with van der Waals surface area (Å²) in [6.45, 7) is 4.67. The normalized spacial score (nSPS) is 14.9. The van der Waals surface area contributed by atoms with Gasteiger partial charge in [0.25, 0.3) is 11.6 Å². The lowest BCUT2D eigenvalue weighted by Crippen LogP contribution is -2.46. The van der Waals surface area contributed by atoms with Crippen molar-refractivity contribution in [2.75, 3.05) is 46.3 Å². The Morgan fingerprint density at radius 1 is 1.11 bits per heavy atom. The summed E-state index contributed by atoms with van der Waals surface area (Å²) in [5, 5.41) is 14.5. The standard InChI is InChI=1S/C25H26F3N5O4/c1-31-11-13-32(14-12-31)10-9-29-24(34)20-16-21(17-5-4-6-18(15-17)37-25(26,27)28)30-23(20)19-7-2-3-8-22(19)33(35)36/h2-8,15-16,30H,9-14H2,1H3,(H,29,34). The van der Waals surface area contributed by atoms with Crippen LogP contribution >= 0.6 is 0 Å². The van der Waals surface area contributed by atoms with Gasteiger partial charge in [-0.15, -0.1) is 13.2 Å². The van der Waals surface area contributed by atoms with Gasteiger partial charge in [0.1, 0.15) is 5.75 Å². The molecule has 1 aliphatic rings. The molecule has 0 spiro atoms. The van der Waals surface area contributed by atoms with E-state index in [0.29, 0.717) is 24.3 Å². The van der Waals surface area contributed by atoms with Crippen molar-refractivity contribution >= 4 is 11.6 Å². The molecule has 0 unspecified atom stereocenters. The van der Waals surface area contributed by atoms with Crippen molar-refractivity contribution in [2.45, 2.75) is 6.36 Å². The number of ether oxygens (including phenoxy) is 1. The Hall–Kier alpha value is -3.90. The van der Waals surface area contributed by atoms with Crippen LogP contribution in [0.4, 0.5) is 18.9 Å². The first-order valence-electron chi connectivity index (χ1n) is 11.6. The van der Waals surface area contributed by atoms with Crippen LogP contribution in [0.5, 0.6) is 5.75 Å². The number of H-pyrrole nitrogens is 1. The van der Waals surface area contributed by atoms with Crippen molar-refractivity contribution in [1.82, 2.24) is 20.1 Å². The van der Waals surface area contributed by atoms with Crippen molar-refractivity contribution in [3.63, 3.8) is 0 Å². The van der Waals surface area contributed by atoms with Gasteiger partial charge in [0.2, 0.25) is 0 Å². The molecule has 1 aliphatic heterocycles. The van der Waals surface area contributed by atoms with Crippen LogP contribution in [-0.2, 0) is 0 Å². The number of carbonyl (C=O) groups is 1. The number of carbonyl (C=O) groups excluding carboxylic acids is 1. The predicted octanol–water partition coefficient (Wildman–Crippen LogP) is 4.13. The number of hydrogen-bond donors (Lipinski definition) is 2. The van der Waals surface area contributed by atoms with E-state index in [1.807, 2.05) is 0 Å². The summed E-state index contributed by atoms with van der Waals surface area (Å²) in [4.78, 5) is 31.8. The molecule has 37 heavy (non-hydrogen) atoms. The number of hydrogen-bond acceptors (Lipinski definition) is 6. The van der Waals surface area contributed by atoms with Crippen molar-refractivity contribution in [1.29, 1.82) is 0 Å². The molecule has 2 aromatic carbocycles. The summed E-state index contributed by atoms with van der Waals surface area (Å²) in [6.07, 6.45) is -4.86. The maximum absolute atomic E-state index is 13.2. The van der Waals surface area contributed by atoms with Gasteiger partial charge < -0.3 is 19.9 Å². The van der Waals surface area contributed by atoms with E-state index >= 15 is 0 Å². The van der Waals surface area contributed by atoms with Crippen LogP contribution in [0.2, 0.25) is 0 Å². The molecule has 0 saturated carbocycles. The van der Waals surface area contributed by atoms with Crippen LogP contribution in [0.3, 0.4) is 0 Å². The number of halogens is 3. The van der Waals surface area contributed by atoms with E-state index in [1.165, 1.54) is 36.4 Å². The third-order valence-electron chi connectivity index (χ3n) is 6.12. The van der Waals surface area contributed by atoms with Crippen LogP contribution in [0, 0.1) is 10.1 Å². The average molecular weight is 518 g/mol. The van der Waals surface area contributed by atoms with Gasteiger partial charge in [0.05, 0.1) is 21.7 Å². The first kappa shape index (κ1) is 26.2. The highest BCUT2D eigenvalue weighted by Crippen LogP contribution is 2.35. The van der Waals surface area contributed by atoms with Gasteiger partial charge in [-0.3, -0.25) is 19.8 Å². The molecule has 4 rings (SSSR count). The van der Waals surface area contributed by atoms with Crippen LogP contribution in [0.25, 0.3) is 22.5 Å². The summed E-state index contributed by atoms with van der Waals surface area (Å²) in [5.41, 5.74) is 0.941. The topological polar surface area (TPSA) is 104 Å². The fourth-order valence-corrected chi connectivity index (χ4v) is 4.20. The van der Waals surface area contributed by atoms with Crippen molar-refractivity contribution in [3.8, 4) is 28.3 Å². The number of nitrogens with zero attached hydrogens (tertiary/aromatic N) is 3. The Bertz CT molecular complexity index is 1270. The number of aromatic amines is 1. The molecular weight excluding hydrogens is 491 g/mol. The Labute approximate surface area is 211 Å². The van der Waals surface area contributed by atoms with Crippen LogP contribution in [0.1, 0.15) is 10.4 Å². The fourth-order valence-electron chi connectivity index (χ4n) is 4.20. The second-order valence-corrected chi connectivity index (χ2v) is 8.72.